The fourth-order valence-electron chi connectivity index (χ4n) is 2.37. The second-order valence-corrected chi connectivity index (χ2v) is 7.10. The minimum absolute atomic E-state index is 0.138. The minimum atomic E-state index is -0.172. The fraction of sp³-hybridized carbons (Fsp3) is 0.100. The smallest absolute Gasteiger partial charge is 0.268 e. The molecule has 3 rings (SSSR count). The number of benzene rings is 2. The van der Waals surface area contributed by atoms with E-state index in [2.05, 4.69) is 0 Å². The van der Waals surface area contributed by atoms with E-state index in [1.165, 1.54) is 22.0 Å². The summed E-state index contributed by atoms with van der Waals surface area (Å²) in [6.07, 6.45) is 3.28. The number of ketones is 1. The molecule has 1 heterocycles. The van der Waals surface area contributed by atoms with Gasteiger partial charge in [-0.3, -0.25) is 9.59 Å². The lowest BCUT2D eigenvalue weighted by atomic mass is 10.1. The molecule has 0 saturated heterocycles. The molecule has 4 nitrogen and oxygen atoms in total. The van der Waals surface area contributed by atoms with Gasteiger partial charge in [-0.2, -0.15) is 0 Å². The van der Waals surface area contributed by atoms with Crippen molar-refractivity contribution >= 4 is 40.9 Å². The van der Waals surface area contributed by atoms with Crippen LogP contribution in [0.5, 0.6) is 5.75 Å². The lowest BCUT2D eigenvalue weighted by molar-refractivity contribution is 0.106. The number of carbonyl (C=O) groups excluding carboxylic acids is 1. The molecule has 0 atom stereocenters. The zero-order chi connectivity index (χ0) is 18.7. The summed E-state index contributed by atoms with van der Waals surface area (Å²) in [6.45, 7) is 0. The highest BCUT2D eigenvalue weighted by Crippen LogP contribution is 2.12. The Morgan fingerprint density at radius 1 is 1.12 bits per heavy atom. The van der Waals surface area contributed by atoms with Crippen molar-refractivity contribution in [2.75, 3.05) is 7.11 Å². The highest BCUT2D eigenvalue weighted by Gasteiger charge is 2.06. The molecular formula is C20H16ClNO3S. The summed E-state index contributed by atoms with van der Waals surface area (Å²) in [5, 5.41) is 0.571. The topological polar surface area (TPSA) is 48.3 Å². The van der Waals surface area contributed by atoms with Crippen LogP contribution >= 0.6 is 22.9 Å². The van der Waals surface area contributed by atoms with E-state index in [1.54, 1.807) is 44.5 Å². The van der Waals surface area contributed by atoms with Crippen LogP contribution < -0.4 is 19.5 Å². The zero-order valence-corrected chi connectivity index (χ0v) is 15.8. The maximum absolute atomic E-state index is 12.4. The van der Waals surface area contributed by atoms with Crippen molar-refractivity contribution in [3.05, 3.63) is 84.2 Å². The van der Waals surface area contributed by atoms with Crippen LogP contribution in [0, 0.1) is 0 Å². The molecule has 132 valence electrons. The third-order valence-electron chi connectivity index (χ3n) is 3.86. The summed E-state index contributed by atoms with van der Waals surface area (Å²) in [6, 6.07) is 14.1. The van der Waals surface area contributed by atoms with E-state index in [0.717, 1.165) is 11.3 Å². The van der Waals surface area contributed by atoms with Crippen molar-refractivity contribution in [1.82, 2.24) is 4.57 Å². The van der Waals surface area contributed by atoms with Gasteiger partial charge in [-0.1, -0.05) is 23.7 Å². The number of rotatable bonds is 4. The van der Waals surface area contributed by atoms with Gasteiger partial charge < -0.3 is 9.30 Å². The van der Waals surface area contributed by atoms with Crippen molar-refractivity contribution in [2.24, 2.45) is 7.05 Å². The number of aromatic nitrogens is 1. The quantitative estimate of drug-likeness (QED) is 0.649. The molecule has 0 aliphatic heterocycles. The molecule has 0 bridgehead atoms. The van der Waals surface area contributed by atoms with E-state index in [1.807, 2.05) is 24.3 Å². The third kappa shape index (κ3) is 3.95. The zero-order valence-electron chi connectivity index (χ0n) is 14.2. The molecule has 0 aliphatic rings. The molecule has 0 spiro atoms. The number of nitrogens with zero attached hydrogens (tertiary/aromatic N) is 1. The molecule has 6 heteroatoms. The van der Waals surface area contributed by atoms with Gasteiger partial charge >= 0.3 is 0 Å². The van der Waals surface area contributed by atoms with Crippen LogP contribution in [0.1, 0.15) is 15.9 Å². The number of carbonyl (C=O) groups is 1. The molecule has 2 aromatic carbocycles. The Morgan fingerprint density at radius 2 is 1.77 bits per heavy atom. The van der Waals surface area contributed by atoms with Crippen molar-refractivity contribution in [3.63, 3.8) is 0 Å². The maximum atomic E-state index is 12.4. The molecule has 0 radical (unpaired) electrons. The number of thiazole rings is 1. The van der Waals surface area contributed by atoms with Crippen LogP contribution in [-0.4, -0.2) is 17.5 Å². The monoisotopic (exact) mass is 385 g/mol. The Morgan fingerprint density at radius 3 is 2.38 bits per heavy atom. The first-order valence-electron chi connectivity index (χ1n) is 7.81. The Balaban J connectivity index is 2.01. The van der Waals surface area contributed by atoms with Gasteiger partial charge in [0.1, 0.15) is 10.4 Å². The van der Waals surface area contributed by atoms with E-state index in [4.69, 9.17) is 16.3 Å². The maximum Gasteiger partial charge on any atom is 0.268 e. The summed E-state index contributed by atoms with van der Waals surface area (Å²) in [5.41, 5.74) is 1.28. The van der Waals surface area contributed by atoms with Crippen LogP contribution in [0.2, 0.25) is 5.02 Å². The highest BCUT2D eigenvalue weighted by molar-refractivity contribution is 7.07. The van der Waals surface area contributed by atoms with Crippen molar-refractivity contribution in [1.29, 1.82) is 0 Å². The average Bonchev–Trinajstić information content (AvgIpc) is 2.91. The summed E-state index contributed by atoms with van der Waals surface area (Å²) in [7, 11) is 3.26. The third-order valence-corrected chi connectivity index (χ3v) is 5.22. The number of methoxy groups -OCH3 is 1. The molecule has 3 aromatic rings. The second kappa shape index (κ2) is 7.72. The standard InChI is InChI=1S/C20H16ClNO3S/c1-22-19(12-17(23)14-5-7-15(21)8-6-14)26-18(20(22)24)11-13-3-9-16(25-2)10-4-13/h3-12H,1-2H3/b18-11-,19-12-. The second-order valence-electron chi connectivity index (χ2n) is 5.60. The normalized spacial score (nSPS) is 12.4. The van der Waals surface area contributed by atoms with Gasteiger partial charge in [0, 0.05) is 23.7 Å². The molecule has 0 saturated carbocycles. The summed E-state index contributed by atoms with van der Waals surface area (Å²) in [5.74, 6) is 0.582. The van der Waals surface area contributed by atoms with Crippen molar-refractivity contribution in [2.45, 2.75) is 0 Å². The molecule has 0 aliphatic carbocycles. The first kappa shape index (κ1) is 18.2. The van der Waals surface area contributed by atoms with E-state index in [-0.39, 0.29) is 11.3 Å². The van der Waals surface area contributed by atoms with E-state index < -0.39 is 0 Å². The van der Waals surface area contributed by atoms with Gasteiger partial charge in [-0.05, 0) is 48.0 Å². The molecule has 0 amide bonds. The van der Waals surface area contributed by atoms with Gasteiger partial charge in [0.2, 0.25) is 0 Å². The van der Waals surface area contributed by atoms with Crippen molar-refractivity contribution < 1.29 is 9.53 Å². The minimum Gasteiger partial charge on any atom is -0.497 e. The number of hydrogen-bond acceptors (Lipinski definition) is 4. The largest absolute Gasteiger partial charge is 0.497 e. The highest BCUT2D eigenvalue weighted by atomic mass is 35.5. The van der Waals surface area contributed by atoms with E-state index >= 15 is 0 Å². The Hall–Kier alpha value is -2.63. The predicted molar refractivity (Wildman–Crippen MR) is 106 cm³/mol. The van der Waals surface area contributed by atoms with Gasteiger partial charge in [-0.15, -0.1) is 11.3 Å². The summed E-state index contributed by atoms with van der Waals surface area (Å²) >= 11 is 7.12. The van der Waals surface area contributed by atoms with Crippen LogP contribution in [0.4, 0.5) is 0 Å². The van der Waals surface area contributed by atoms with Gasteiger partial charge in [0.15, 0.2) is 5.78 Å². The molecule has 1 aromatic heterocycles. The lowest BCUT2D eigenvalue weighted by Gasteiger charge is -1.98. The number of ether oxygens (including phenoxy) is 1. The summed E-state index contributed by atoms with van der Waals surface area (Å²) in [4.78, 5) is 24.8. The van der Waals surface area contributed by atoms with Crippen LogP contribution in [-0.2, 0) is 7.05 Å². The fourth-order valence-corrected chi connectivity index (χ4v) is 3.53. The lowest BCUT2D eigenvalue weighted by Crippen LogP contribution is -2.29. The summed E-state index contributed by atoms with van der Waals surface area (Å²) < 4.78 is 7.77. The molecule has 0 unspecified atom stereocenters. The Kier molecular flexibility index (Phi) is 5.40. The van der Waals surface area contributed by atoms with E-state index in [9.17, 15) is 9.59 Å². The van der Waals surface area contributed by atoms with Crippen LogP contribution in [0.25, 0.3) is 12.2 Å². The molecule has 0 fully saturated rings. The van der Waals surface area contributed by atoms with E-state index in [0.29, 0.717) is 19.8 Å². The predicted octanol–water partition coefficient (Wildman–Crippen LogP) is 2.60. The van der Waals surface area contributed by atoms with Crippen molar-refractivity contribution in [3.8, 4) is 5.75 Å². The first-order valence-corrected chi connectivity index (χ1v) is 9.00. The number of halogens is 1. The average molecular weight is 386 g/mol. The number of hydrogen-bond donors (Lipinski definition) is 0. The Bertz CT molecular complexity index is 1110. The van der Waals surface area contributed by atoms with Gasteiger partial charge in [0.05, 0.1) is 11.6 Å². The molecule has 26 heavy (non-hydrogen) atoms. The molecular weight excluding hydrogens is 370 g/mol. The number of Topliss-reactive ketones (excluding diaryl/α,β-unsaturated/α-hetero) is 1. The van der Waals surface area contributed by atoms with Gasteiger partial charge in [0.25, 0.3) is 5.56 Å². The SMILES string of the molecule is COc1ccc(/C=c2\s/c(=C\C(=O)c3ccc(Cl)cc3)n(C)c2=O)cc1. The Labute approximate surface area is 159 Å². The first-order chi connectivity index (χ1) is 12.5. The van der Waals surface area contributed by atoms with Crippen LogP contribution in [0.15, 0.2) is 53.3 Å². The molecule has 0 N–H and O–H groups in total. The van der Waals surface area contributed by atoms with Crippen LogP contribution in [0.3, 0.4) is 0 Å². The van der Waals surface area contributed by atoms with Gasteiger partial charge in [-0.25, -0.2) is 0 Å².